The van der Waals surface area contributed by atoms with E-state index in [2.05, 4.69) is 77.9 Å². The summed E-state index contributed by atoms with van der Waals surface area (Å²) in [6.45, 7) is 17.2. The fourth-order valence-corrected chi connectivity index (χ4v) is 2.89. The monoisotopic (exact) mass is 340 g/mol. The second-order valence-electron chi connectivity index (χ2n) is 8.51. The molecule has 24 heavy (non-hydrogen) atoms. The molecule has 0 saturated carbocycles. The number of hydrogen-bond acceptors (Lipinski definition) is 2. The van der Waals surface area contributed by atoms with Crippen molar-refractivity contribution in [2.45, 2.75) is 65.5 Å². The Balaban J connectivity index is 2.49. The van der Waals surface area contributed by atoms with Gasteiger partial charge in [0.05, 0.1) is 11.2 Å². The highest BCUT2D eigenvalue weighted by molar-refractivity contribution is 6.84. The van der Waals surface area contributed by atoms with E-state index in [0.717, 1.165) is 16.6 Å². The third kappa shape index (κ3) is 4.22. The third-order valence-corrected chi connectivity index (χ3v) is 5.50. The fraction of sp³-hybridized carbons (Fsp3) is 0.500. The first-order chi connectivity index (χ1) is 10.9. The van der Waals surface area contributed by atoms with E-state index in [-0.39, 0.29) is 18.3 Å². The Hall–Kier alpha value is -1.28. The summed E-state index contributed by atoms with van der Waals surface area (Å²) in [7, 11) is -1.83. The minimum atomic E-state index is -1.47. The van der Waals surface area contributed by atoms with Gasteiger partial charge in [-0.3, -0.25) is 0 Å². The van der Waals surface area contributed by atoms with Crippen molar-refractivity contribution in [1.29, 1.82) is 0 Å². The van der Waals surface area contributed by atoms with Crippen molar-refractivity contribution in [2.24, 2.45) is 0 Å². The molecule has 1 aliphatic heterocycles. The average Bonchev–Trinajstić information content (AvgIpc) is 2.67. The Bertz CT molecular complexity index is 672. The summed E-state index contributed by atoms with van der Waals surface area (Å²) >= 11 is 0. The smallest absolute Gasteiger partial charge is 0.400 e. The first-order valence-corrected chi connectivity index (χ1v) is 12.1. The molecule has 1 aromatic carbocycles. The molecule has 0 radical (unpaired) electrons. The zero-order chi connectivity index (χ0) is 18.2. The van der Waals surface area contributed by atoms with Gasteiger partial charge >= 0.3 is 7.12 Å². The van der Waals surface area contributed by atoms with Gasteiger partial charge in [0.15, 0.2) is 0 Å². The molecule has 0 bridgehead atoms. The fourth-order valence-electron chi connectivity index (χ4n) is 2.39. The zero-order valence-electron chi connectivity index (χ0n) is 16.3. The van der Waals surface area contributed by atoms with Gasteiger partial charge in [0.1, 0.15) is 8.07 Å². The largest absolute Gasteiger partial charge is 0.491 e. The van der Waals surface area contributed by atoms with Crippen molar-refractivity contribution in [3.63, 3.8) is 0 Å². The summed E-state index contributed by atoms with van der Waals surface area (Å²) in [5, 5.41) is 0. The summed E-state index contributed by atoms with van der Waals surface area (Å²) in [5.74, 6) is 3.44. The highest BCUT2D eigenvalue weighted by atomic mass is 28.3. The number of allylic oxidation sites excluding steroid dienone is 2. The Morgan fingerprint density at radius 3 is 1.92 bits per heavy atom. The SMILES string of the molecule is C/C(B1OC(C)(C)C(C)(C)O1)=C(\C#C[Si](C)(C)C)c1ccccc1. The van der Waals surface area contributed by atoms with Crippen LogP contribution in [-0.4, -0.2) is 26.4 Å². The van der Waals surface area contributed by atoms with Crippen molar-refractivity contribution in [1.82, 2.24) is 0 Å². The summed E-state index contributed by atoms with van der Waals surface area (Å²) in [5.41, 5.74) is 6.00. The summed E-state index contributed by atoms with van der Waals surface area (Å²) < 4.78 is 12.4. The van der Waals surface area contributed by atoms with Crippen LogP contribution in [0.25, 0.3) is 5.57 Å². The van der Waals surface area contributed by atoms with Gasteiger partial charge in [-0.25, -0.2) is 0 Å². The number of rotatable bonds is 2. The van der Waals surface area contributed by atoms with Crippen molar-refractivity contribution in [3.8, 4) is 11.5 Å². The molecule has 0 N–H and O–H groups in total. The average molecular weight is 340 g/mol. The van der Waals surface area contributed by atoms with Crippen LogP contribution in [0.3, 0.4) is 0 Å². The number of hydrogen-bond donors (Lipinski definition) is 0. The van der Waals surface area contributed by atoms with Gasteiger partial charge in [0.25, 0.3) is 0 Å². The standard InChI is InChI=1S/C20H29BO2Si/c1-16(21-22-19(2,3)20(4,5)23-21)18(14-15-24(6,7)8)17-12-10-9-11-13-17/h9-13H,1-8H3/b18-16-. The maximum atomic E-state index is 6.22. The number of benzene rings is 1. The van der Waals surface area contributed by atoms with Gasteiger partial charge in [0.2, 0.25) is 0 Å². The highest BCUT2D eigenvalue weighted by Crippen LogP contribution is 2.39. The van der Waals surface area contributed by atoms with Crippen LogP contribution in [0.1, 0.15) is 40.2 Å². The van der Waals surface area contributed by atoms with E-state index in [4.69, 9.17) is 9.31 Å². The molecule has 0 spiro atoms. The van der Waals surface area contributed by atoms with E-state index >= 15 is 0 Å². The van der Waals surface area contributed by atoms with E-state index in [1.807, 2.05) is 18.2 Å². The van der Waals surface area contributed by atoms with Crippen LogP contribution in [0, 0.1) is 11.5 Å². The van der Waals surface area contributed by atoms with Crippen molar-refractivity contribution < 1.29 is 9.31 Å². The molecule has 1 aromatic rings. The van der Waals surface area contributed by atoms with Gasteiger partial charge in [-0.15, -0.1) is 5.54 Å². The molecule has 4 heteroatoms. The van der Waals surface area contributed by atoms with Gasteiger partial charge in [-0.05, 0) is 45.7 Å². The van der Waals surface area contributed by atoms with E-state index < -0.39 is 8.07 Å². The molecular formula is C20H29BO2Si. The van der Waals surface area contributed by atoms with E-state index in [1.165, 1.54) is 0 Å². The van der Waals surface area contributed by atoms with Crippen LogP contribution in [0.2, 0.25) is 19.6 Å². The van der Waals surface area contributed by atoms with Crippen LogP contribution >= 0.6 is 0 Å². The minimum Gasteiger partial charge on any atom is -0.400 e. The zero-order valence-corrected chi connectivity index (χ0v) is 17.3. The molecule has 1 heterocycles. The Labute approximate surface area is 148 Å². The summed E-state index contributed by atoms with van der Waals surface area (Å²) in [4.78, 5) is 0. The molecule has 128 valence electrons. The first kappa shape index (κ1) is 19.1. The van der Waals surface area contributed by atoms with Gasteiger partial charge in [0, 0.05) is 5.57 Å². The first-order valence-electron chi connectivity index (χ1n) is 8.58. The quantitative estimate of drug-likeness (QED) is 0.559. The van der Waals surface area contributed by atoms with E-state index in [0.29, 0.717) is 0 Å². The minimum absolute atomic E-state index is 0.340. The Morgan fingerprint density at radius 1 is 0.958 bits per heavy atom. The van der Waals surface area contributed by atoms with Gasteiger partial charge in [-0.1, -0.05) is 55.9 Å². The molecule has 0 amide bonds. The van der Waals surface area contributed by atoms with Crippen molar-refractivity contribution in [3.05, 3.63) is 41.4 Å². The molecule has 0 aliphatic carbocycles. The van der Waals surface area contributed by atoms with Gasteiger partial charge in [-0.2, -0.15) is 0 Å². The van der Waals surface area contributed by atoms with Crippen molar-refractivity contribution >= 4 is 20.8 Å². The molecule has 1 saturated heterocycles. The summed E-state index contributed by atoms with van der Waals surface area (Å²) in [6, 6.07) is 10.3. The molecule has 1 fully saturated rings. The second-order valence-corrected chi connectivity index (χ2v) is 13.3. The lowest BCUT2D eigenvalue weighted by molar-refractivity contribution is 0.00578. The highest BCUT2D eigenvalue weighted by Gasteiger charge is 2.52. The van der Waals surface area contributed by atoms with Crippen LogP contribution in [-0.2, 0) is 9.31 Å². The van der Waals surface area contributed by atoms with E-state index in [1.54, 1.807) is 0 Å². The predicted molar refractivity (Wildman–Crippen MR) is 106 cm³/mol. The van der Waals surface area contributed by atoms with Gasteiger partial charge < -0.3 is 9.31 Å². The lowest BCUT2D eigenvalue weighted by Gasteiger charge is -2.32. The normalized spacial score (nSPS) is 20.2. The molecule has 1 aliphatic rings. The Kier molecular flexibility index (Phi) is 5.20. The lowest BCUT2D eigenvalue weighted by atomic mass is 9.75. The predicted octanol–water partition coefficient (Wildman–Crippen LogP) is 4.97. The van der Waals surface area contributed by atoms with E-state index in [9.17, 15) is 0 Å². The Morgan fingerprint density at radius 2 is 1.46 bits per heavy atom. The second kappa shape index (κ2) is 6.55. The molecule has 2 nitrogen and oxygen atoms in total. The molecule has 0 aromatic heterocycles. The maximum absolute atomic E-state index is 6.22. The van der Waals surface area contributed by atoms with Crippen LogP contribution in [0.5, 0.6) is 0 Å². The lowest BCUT2D eigenvalue weighted by Crippen LogP contribution is -2.41. The molecular weight excluding hydrogens is 311 g/mol. The molecule has 0 unspecified atom stereocenters. The van der Waals surface area contributed by atoms with Crippen LogP contribution < -0.4 is 0 Å². The molecule has 2 rings (SSSR count). The van der Waals surface area contributed by atoms with Crippen LogP contribution in [0.15, 0.2) is 35.8 Å². The molecule has 0 atom stereocenters. The summed E-state index contributed by atoms with van der Waals surface area (Å²) in [6.07, 6.45) is 0. The topological polar surface area (TPSA) is 18.5 Å². The van der Waals surface area contributed by atoms with Crippen LogP contribution in [0.4, 0.5) is 0 Å². The third-order valence-electron chi connectivity index (χ3n) is 4.63. The maximum Gasteiger partial charge on any atom is 0.491 e. The van der Waals surface area contributed by atoms with Crippen molar-refractivity contribution in [2.75, 3.05) is 0 Å².